The molecule has 0 radical (unpaired) electrons. The summed E-state index contributed by atoms with van der Waals surface area (Å²) in [6.07, 6.45) is 3.46. The molecule has 4 bridgehead atoms. The van der Waals surface area contributed by atoms with Crippen LogP contribution in [0.1, 0.15) is 33.4 Å². The number of aryl methyl sites for hydroxylation is 2. The van der Waals surface area contributed by atoms with Crippen molar-refractivity contribution in [1.82, 2.24) is 0 Å². The molecule has 2 aromatic carbocycles. The van der Waals surface area contributed by atoms with Gasteiger partial charge in [-0.3, -0.25) is 0 Å². The maximum absolute atomic E-state index is 6.00. The molecule has 1 aliphatic heterocycles. The van der Waals surface area contributed by atoms with Crippen LogP contribution in [0.5, 0.6) is 11.5 Å². The van der Waals surface area contributed by atoms with Crippen LogP contribution in [0.3, 0.4) is 0 Å². The Morgan fingerprint density at radius 3 is 1.07 bits per heavy atom. The highest BCUT2D eigenvalue weighted by Gasteiger charge is 2.14. The van der Waals surface area contributed by atoms with Crippen LogP contribution < -0.4 is 9.47 Å². The number of fused-ring (bicyclic) bond motifs is 4. The Bertz CT molecular complexity index is 906. The molecule has 0 aromatic heterocycles. The van der Waals surface area contributed by atoms with Crippen LogP contribution >= 0.6 is 0 Å². The SMILES string of the molecule is C=CCOc1c2cc(C)cc1COCCOCCOCc1cc(C)cc(c1OCC=C)COCCOCCOC2. The highest BCUT2D eigenvalue weighted by Crippen LogP contribution is 2.29. The molecular formula is C32H44O8. The zero-order valence-electron chi connectivity index (χ0n) is 24.0. The van der Waals surface area contributed by atoms with Crippen LogP contribution in [-0.2, 0) is 54.8 Å². The first-order chi connectivity index (χ1) is 19.6. The van der Waals surface area contributed by atoms with E-state index in [-0.39, 0.29) is 0 Å². The Morgan fingerprint density at radius 1 is 0.525 bits per heavy atom. The average molecular weight is 557 g/mol. The minimum Gasteiger partial charge on any atom is -0.489 e. The number of hydrogen-bond acceptors (Lipinski definition) is 8. The van der Waals surface area contributed by atoms with Gasteiger partial charge in [0.05, 0.1) is 79.3 Å². The van der Waals surface area contributed by atoms with E-state index in [0.717, 1.165) is 44.9 Å². The van der Waals surface area contributed by atoms with Crippen LogP contribution in [0.2, 0.25) is 0 Å². The van der Waals surface area contributed by atoms with E-state index >= 15 is 0 Å². The molecule has 0 saturated carbocycles. The summed E-state index contributed by atoms with van der Waals surface area (Å²) in [4.78, 5) is 0. The van der Waals surface area contributed by atoms with Gasteiger partial charge in [0.25, 0.3) is 0 Å². The summed E-state index contributed by atoms with van der Waals surface area (Å²) in [7, 11) is 0. The summed E-state index contributed by atoms with van der Waals surface area (Å²) in [5.41, 5.74) is 6.11. The number of rotatable bonds is 6. The fourth-order valence-corrected chi connectivity index (χ4v) is 4.35. The fraction of sp³-hybridized carbons (Fsp3) is 0.500. The van der Waals surface area contributed by atoms with Gasteiger partial charge in [-0.1, -0.05) is 60.7 Å². The molecule has 0 spiro atoms. The van der Waals surface area contributed by atoms with Crippen molar-refractivity contribution in [3.63, 3.8) is 0 Å². The number of benzene rings is 2. The van der Waals surface area contributed by atoms with E-state index in [1.807, 2.05) is 0 Å². The van der Waals surface area contributed by atoms with Gasteiger partial charge in [-0.15, -0.1) is 0 Å². The van der Waals surface area contributed by atoms with E-state index in [9.17, 15) is 0 Å². The summed E-state index contributed by atoms with van der Waals surface area (Å²) in [5.74, 6) is 1.55. The van der Waals surface area contributed by atoms with Gasteiger partial charge in [0.2, 0.25) is 0 Å². The minimum absolute atomic E-state index is 0.403. The average Bonchev–Trinajstić information content (AvgIpc) is 2.93. The molecule has 220 valence electrons. The van der Waals surface area contributed by atoms with Crippen molar-refractivity contribution >= 4 is 0 Å². The topological polar surface area (TPSA) is 73.8 Å². The van der Waals surface area contributed by atoms with E-state index in [4.69, 9.17) is 37.9 Å². The van der Waals surface area contributed by atoms with E-state index < -0.39 is 0 Å². The lowest BCUT2D eigenvalue weighted by Crippen LogP contribution is -2.12. The second-order valence-electron chi connectivity index (χ2n) is 9.46. The van der Waals surface area contributed by atoms with Crippen molar-refractivity contribution in [3.8, 4) is 11.5 Å². The normalized spacial score (nSPS) is 16.9. The van der Waals surface area contributed by atoms with E-state index in [1.54, 1.807) is 12.2 Å². The molecule has 0 atom stereocenters. The van der Waals surface area contributed by atoms with Crippen molar-refractivity contribution in [1.29, 1.82) is 0 Å². The van der Waals surface area contributed by atoms with Crippen molar-refractivity contribution in [2.45, 2.75) is 40.3 Å². The molecular weight excluding hydrogens is 512 g/mol. The van der Waals surface area contributed by atoms with Crippen molar-refractivity contribution in [2.24, 2.45) is 0 Å². The Hall–Kier alpha value is -2.72. The Labute approximate surface area is 238 Å². The van der Waals surface area contributed by atoms with Gasteiger partial charge in [-0.05, 0) is 13.8 Å². The monoisotopic (exact) mass is 556 g/mol. The third-order valence-corrected chi connectivity index (χ3v) is 5.98. The van der Waals surface area contributed by atoms with Crippen molar-refractivity contribution in [3.05, 3.63) is 83.0 Å². The van der Waals surface area contributed by atoms with Gasteiger partial charge < -0.3 is 37.9 Å². The van der Waals surface area contributed by atoms with Gasteiger partial charge in [0.15, 0.2) is 0 Å². The molecule has 3 rings (SSSR count). The Kier molecular flexibility index (Phi) is 14.8. The summed E-state index contributed by atoms with van der Waals surface area (Å²) in [5, 5.41) is 0. The van der Waals surface area contributed by atoms with E-state index in [2.05, 4.69) is 51.3 Å². The summed E-state index contributed by atoms with van der Waals surface area (Å²) in [6.45, 7) is 17.8. The quantitative estimate of drug-likeness (QED) is 0.447. The third-order valence-electron chi connectivity index (χ3n) is 5.98. The lowest BCUT2D eigenvalue weighted by atomic mass is 10.1. The zero-order chi connectivity index (χ0) is 28.4. The third kappa shape index (κ3) is 11.0. The van der Waals surface area contributed by atoms with Gasteiger partial charge in [0.1, 0.15) is 24.7 Å². The molecule has 8 heteroatoms. The van der Waals surface area contributed by atoms with Gasteiger partial charge >= 0.3 is 0 Å². The standard InChI is InChI=1S/C32H44O8/c1-5-7-39-31-27-17-25(3)18-28(31)22-36-14-10-34-12-16-38-24-30-20-26(4)19-29(32(30)40-8-6-2)23-37-15-11-33-9-13-35-21-27/h5-6,17-20H,1-2,7-16,21-24H2,3-4H3. The first kappa shape index (κ1) is 31.8. The smallest absolute Gasteiger partial charge is 0.130 e. The second-order valence-corrected chi connectivity index (χ2v) is 9.46. The molecule has 0 saturated heterocycles. The van der Waals surface area contributed by atoms with E-state index in [1.165, 1.54) is 0 Å². The zero-order valence-corrected chi connectivity index (χ0v) is 24.0. The highest BCUT2D eigenvalue weighted by molar-refractivity contribution is 5.45. The second kappa shape index (κ2) is 18.6. The summed E-state index contributed by atoms with van der Waals surface area (Å²) >= 11 is 0. The molecule has 0 unspecified atom stereocenters. The van der Waals surface area contributed by atoms with Gasteiger partial charge in [-0.2, -0.15) is 0 Å². The predicted molar refractivity (Wildman–Crippen MR) is 154 cm³/mol. The maximum atomic E-state index is 6.00. The van der Waals surface area contributed by atoms with Crippen LogP contribution in [0.25, 0.3) is 0 Å². The van der Waals surface area contributed by atoms with Crippen molar-refractivity contribution < 1.29 is 37.9 Å². The molecule has 40 heavy (non-hydrogen) atoms. The Balaban J connectivity index is 1.64. The molecule has 2 aromatic rings. The predicted octanol–water partition coefficient (Wildman–Crippen LogP) is 5.25. The largest absolute Gasteiger partial charge is 0.489 e. The molecule has 0 aliphatic carbocycles. The molecule has 1 aliphatic rings. The van der Waals surface area contributed by atoms with Gasteiger partial charge in [0, 0.05) is 22.3 Å². The molecule has 8 nitrogen and oxygen atoms in total. The minimum atomic E-state index is 0.403. The van der Waals surface area contributed by atoms with Gasteiger partial charge in [-0.25, -0.2) is 0 Å². The van der Waals surface area contributed by atoms with E-state index in [0.29, 0.717) is 92.5 Å². The molecule has 1 heterocycles. The first-order valence-electron chi connectivity index (χ1n) is 13.8. The van der Waals surface area contributed by atoms with Crippen molar-refractivity contribution in [2.75, 3.05) is 66.1 Å². The van der Waals surface area contributed by atoms with Crippen LogP contribution in [-0.4, -0.2) is 66.1 Å². The Morgan fingerprint density at radius 2 is 0.800 bits per heavy atom. The number of hydrogen-bond donors (Lipinski definition) is 0. The van der Waals surface area contributed by atoms with Crippen LogP contribution in [0.15, 0.2) is 49.6 Å². The lowest BCUT2D eigenvalue weighted by molar-refractivity contribution is 0.00417. The summed E-state index contributed by atoms with van der Waals surface area (Å²) < 4.78 is 47.1. The molecule has 0 fully saturated rings. The fourth-order valence-electron chi connectivity index (χ4n) is 4.35. The maximum Gasteiger partial charge on any atom is 0.130 e. The molecule has 0 amide bonds. The van der Waals surface area contributed by atoms with Crippen LogP contribution in [0, 0.1) is 13.8 Å². The van der Waals surface area contributed by atoms with Crippen LogP contribution in [0.4, 0.5) is 0 Å². The lowest BCUT2D eigenvalue weighted by Gasteiger charge is -2.18. The highest BCUT2D eigenvalue weighted by atomic mass is 16.6. The number of ether oxygens (including phenoxy) is 8. The molecule has 0 N–H and O–H groups in total. The summed E-state index contributed by atoms with van der Waals surface area (Å²) in [6, 6.07) is 8.31. The first-order valence-corrected chi connectivity index (χ1v) is 13.8.